The lowest BCUT2D eigenvalue weighted by molar-refractivity contribution is 0.102. The summed E-state index contributed by atoms with van der Waals surface area (Å²) in [5.41, 5.74) is 7.73. The molecule has 0 radical (unpaired) electrons. The normalized spacial score (nSPS) is 11.3. The molecule has 5 rings (SSSR count). The molecule has 3 aromatic carbocycles. The van der Waals surface area contributed by atoms with Crippen molar-refractivity contribution in [1.82, 2.24) is 14.8 Å². The summed E-state index contributed by atoms with van der Waals surface area (Å²) in [4.78, 5) is 18.3. The van der Waals surface area contributed by atoms with E-state index in [-0.39, 0.29) is 5.91 Å². The lowest BCUT2D eigenvalue weighted by atomic mass is 10.0. The Morgan fingerprint density at radius 1 is 0.972 bits per heavy atom. The summed E-state index contributed by atoms with van der Waals surface area (Å²) in [5.74, 6) is 0.269. The lowest BCUT2D eigenvalue weighted by Gasteiger charge is -2.12. The van der Waals surface area contributed by atoms with Crippen molar-refractivity contribution in [2.75, 3.05) is 5.32 Å². The van der Waals surface area contributed by atoms with Gasteiger partial charge in [-0.1, -0.05) is 55.8 Å². The Morgan fingerprint density at radius 3 is 2.44 bits per heavy atom. The van der Waals surface area contributed by atoms with Gasteiger partial charge in [-0.3, -0.25) is 4.79 Å². The van der Waals surface area contributed by atoms with Crippen LogP contribution >= 0.6 is 11.6 Å². The first kappa shape index (κ1) is 23.8. The van der Waals surface area contributed by atoms with Crippen molar-refractivity contribution in [1.29, 1.82) is 0 Å². The van der Waals surface area contributed by atoms with Crippen molar-refractivity contribution in [3.63, 3.8) is 0 Å². The van der Waals surface area contributed by atoms with E-state index in [4.69, 9.17) is 16.6 Å². The number of aromatic nitrogens is 3. The molecule has 0 aliphatic heterocycles. The number of fused-ring (bicyclic) bond motifs is 1. The van der Waals surface area contributed by atoms with Crippen molar-refractivity contribution in [2.24, 2.45) is 0 Å². The number of para-hydroxylation sites is 1. The number of amides is 1. The van der Waals surface area contributed by atoms with E-state index in [1.807, 2.05) is 67.2 Å². The Labute approximate surface area is 215 Å². The number of carbonyl (C=O) groups is 1. The molecule has 0 aliphatic rings. The third-order valence-electron chi connectivity index (χ3n) is 6.49. The molecule has 0 saturated carbocycles. The van der Waals surface area contributed by atoms with Crippen molar-refractivity contribution < 1.29 is 4.79 Å². The lowest BCUT2D eigenvalue weighted by Crippen LogP contribution is -2.14. The van der Waals surface area contributed by atoms with Crippen LogP contribution in [-0.2, 0) is 0 Å². The maximum atomic E-state index is 13.5. The fourth-order valence-electron chi connectivity index (χ4n) is 4.38. The Hall–Kier alpha value is -3.96. The Morgan fingerprint density at radius 2 is 1.72 bits per heavy atom. The number of rotatable bonds is 5. The molecule has 2 heterocycles. The summed E-state index contributed by atoms with van der Waals surface area (Å²) in [6, 6.07) is 23.4. The van der Waals surface area contributed by atoms with Gasteiger partial charge in [0.1, 0.15) is 0 Å². The maximum Gasteiger partial charge on any atom is 0.256 e. The van der Waals surface area contributed by atoms with Crippen LogP contribution in [-0.4, -0.2) is 20.7 Å². The predicted octanol–water partition coefficient (Wildman–Crippen LogP) is 7.73. The molecule has 0 aliphatic carbocycles. The highest BCUT2D eigenvalue weighted by Crippen LogP contribution is 2.29. The molecule has 5 nitrogen and oxygen atoms in total. The number of carbonyl (C=O) groups excluding carboxylic acids is 1. The van der Waals surface area contributed by atoms with E-state index >= 15 is 0 Å². The number of nitrogens with one attached hydrogen (secondary N) is 1. The number of hydrogen-bond donors (Lipinski definition) is 1. The van der Waals surface area contributed by atoms with Crippen LogP contribution in [0.1, 0.15) is 46.9 Å². The van der Waals surface area contributed by atoms with E-state index in [1.165, 1.54) is 5.56 Å². The Bertz CT molecular complexity index is 1590. The second-order valence-corrected chi connectivity index (χ2v) is 9.72. The van der Waals surface area contributed by atoms with Gasteiger partial charge in [0.25, 0.3) is 5.91 Å². The first-order chi connectivity index (χ1) is 17.3. The van der Waals surface area contributed by atoms with Gasteiger partial charge in [0, 0.05) is 21.7 Å². The third-order valence-corrected chi connectivity index (χ3v) is 6.72. The second kappa shape index (κ2) is 9.59. The number of anilines is 1. The minimum absolute atomic E-state index is 0.199. The van der Waals surface area contributed by atoms with Crippen LogP contribution in [0.4, 0.5) is 5.69 Å². The summed E-state index contributed by atoms with van der Waals surface area (Å²) in [5, 5.41) is 9.11. The highest BCUT2D eigenvalue weighted by Gasteiger charge is 2.18. The summed E-state index contributed by atoms with van der Waals surface area (Å²) in [6.07, 6.45) is 1.81. The Balaban J connectivity index is 1.56. The van der Waals surface area contributed by atoms with Crippen LogP contribution in [0.5, 0.6) is 0 Å². The summed E-state index contributed by atoms with van der Waals surface area (Å²) < 4.78 is 1.91. The van der Waals surface area contributed by atoms with Gasteiger partial charge in [0.05, 0.1) is 34.4 Å². The van der Waals surface area contributed by atoms with Crippen LogP contribution in [0.2, 0.25) is 5.02 Å². The van der Waals surface area contributed by atoms with Crippen LogP contribution in [0.15, 0.2) is 79.0 Å². The Kier molecular flexibility index (Phi) is 6.33. The first-order valence-corrected chi connectivity index (χ1v) is 12.3. The molecule has 2 aromatic heterocycles. The van der Waals surface area contributed by atoms with E-state index in [9.17, 15) is 4.79 Å². The predicted molar refractivity (Wildman–Crippen MR) is 147 cm³/mol. The average molecular weight is 495 g/mol. The zero-order valence-electron chi connectivity index (χ0n) is 20.7. The summed E-state index contributed by atoms with van der Waals surface area (Å²) in [6.45, 7) is 8.30. The van der Waals surface area contributed by atoms with Crippen molar-refractivity contribution in [3.05, 3.63) is 106 Å². The van der Waals surface area contributed by atoms with Gasteiger partial charge < -0.3 is 5.32 Å². The minimum atomic E-state index is -0.199. The summed E-state index contributed by atoms with van der Waals surface area (Å²) >= 11 is 6.09. The molecule has 6 heteroatoms. The van der Waals surface area contributed by atoms with Gasteiger partial charge in [-0.05, 0) is 73.4 Å². The van der Waals surface area contributed by atoms with E-state index in [0.29, 0.717) is 22.2 Å². The quantitative estimate of drug-likeness (QED) is 0.272. The molecule has 0 fully saturated rings. The third kappa shape index (κ3) is 4.50. The van der Waals surface area contributed by atoms with Gasteiger partial charge in [0.2, 0.25) is 0 Å². The minimum Gasteiger partial charge on any atom is -0.322 e. The smallest absolute Gasteiger partial charge is 0.256 e. The standard InChI is InChI=1S/C30H27ClN4O/c1-18(2)21-9-12-23(13-10-21)35-20(4)26(17-32-35)29-16-25(24-7-5-6-8-28(24)33-29)30(36)34-27-14-11-22(31)15-19(27)3/h5-18H,1-4H3,(H,34,36). The number of hydrogen-bond acceptors (Lipinski definition) is 3. The van der Waals surface area contributed by atoms with E-state index in [1.54, 1.807) is 6.07 Å². The van der Waals surface area contributed by atoms with Crippen LogP contribution in [0.3, 0.4) is 0 Å². The first-order valence-electron chi connectivity index (χ1n) is 11.9. The molecule has 0 unspecified atom stereocenters. The average Bonchev–Trinajstić information content (AvgIpc) is 3.26. The van der Waals surface area contributed by atoms with Crippen LogP contribution in [0, 0.1) is 13.8 Å². The van der Waals surface area contributed by atoms with E-state index in [0.717, 1.165) is 39.1 Å². The number of aryl methyl sites for hydroxylation is 1. The van der Waals surface area contributed by atoms with Gasteiger partial charge in [0.15, 0.2) is 0 Å². The molecule has 36 heavy (non-hydrogen) atoms. The molecular formula is C30H27ClN4O. The molecule has 0 atom stereocenters. The van der Waals surface area contributed by atoms with Crippen LogP contribution < -0.4 is 5.32 Å². The SMILES string of the molecule is Cc1cc(Cl)ccc1NC(=O)c1cc(-c2cnn(-c3ccc(C(C)C)cc3)c2C)nc2ccccc12. The molecule has 1 N–H and O–H groups in total. The zero-order chi connectivity index (χ0) is 25.4. The fourth-order valence-corrected chi connectivity index (χ4v) is 4.61. The molecule has 1 amide bonds. The number of nitrogens with zero attached hydrogens (tertiary/aromatic N) is 3. The number of pyridine rings is 1. The molecule has 0 bridgehead atoms. The zero-order valence-corrected chi connectivity index (χ0v) is 21.5. The largest absolute Gasteiger partial charge is 0.322 e. The number of halogens is 1. The number of benzene rings is 3. The van der Waals surface area contributed by atoms with Crippen molar-refractivity contribution in [3.8, 4) is 16.9 Å². The van der Waals surface area contributed by atoms with Crippen LogP contribution in [0.25, 0.3) is 27.8 Å². The topological polar surface area (TPSA) is 59.8 Å². The highest BCUT2D eigenvalue weighted by molar-refractivity contribution is 6.30. The molecule has 0 saturated heterocycles. The monoisotopic (exact) mass is 494 g/mol. The molecular weight excluding hydrogens is 468 g/mol. The summed E-state index contributed by atoms with van der Waals surface area (Å²) in [7, 11) is 0. The van der Waals surface area contributed by atoms with E-state index < -0.39 is 0 Å². The molecule has 0 spiro atoms. The maximum absolute atomic E-state index is 13.5. The van der Waals surface area contributed by atoms with Gasteiger partial charge in [-0.15, -0.1) is 0 Å². The molecule has 180 valence electrons. The van der Waals surface area contributed by atoms with Crippen molar-refractivity contribution >= 4 is 34.1 Å². The van der Waals surface area contributed by atoms with Gasteiger partial charge in [-0.25, -0.2) is 9.67 Å². The molecule has 5 aromatic rings. The van der Waals surface area contributed by atoms with Gasteiger partial charge >= 0.3 is 0 Å². The van der Waals surface area contributed by atoms with E-state index in [2.05, 4.69) is 48.5 Å². The van der Waals surface area contributed by atoms with Gasteiger partial charge in [-0.2, -0.15) is 5.10 Å². The van der Waals surface area contributed by atoms with Crippen molar-refractivity contribution in [2.45, 2.75) is 33.6 Å². The second-order valence-electron chi connectivity index (χ2n) is 9.29. The highest BCUT2D eigenvalue weighted by atomic mass is 35.5. The fraction of sp³-hybridized carbons (Fsp3) is 0.167.